The van der Waals surface area contributed by atoms with Crippen LogP contribution in [0, 0.1) is 0 Å². The van der Waals surface area contributed by atoms with Gasteiger partial charge in [0.15, 0.2) is 11.6 Å². The summed E-state index contributed by atoms with van der Waals surface area (Å²) in [4.78, 5) is 4.05. The molecule has 0 saturated heterocycles. The van der Waals surface area contributed by atoms with Gasteiger partial charge in [-0.1, -0.05) is 31.3 Å². The number of pyridine rings is 1. The molecule has 2 aromatic rings. The van der Waals surface area contributed by atoms with Gasteiger partial charge in [-0.2, -0.15) is 0 Å². The van der Waals surface area contributed by atoms with Crippen LogP contribution in [0.4, 0.5) is 5.82 Å². The minimum atomic E-state index is 0.0570. The molecule has 4 nitrogen and oxygen atoms in total. The number of rotatable bonds is 2. The molecule has 0 bridgehead atoms. The van der Waals surface area contributed by atoms with Gasteiger partial charge in [-0.25, -0.2) is 0 Å². The molecule has 1 fully saturated rings. The van der Waals surface area contributed by atoms with Gasteiger partial charge in [-0.3, -0.25) is 4.98 Å². The Morgan fingerprint density at radius 2 is 1.84 bits per heavy atom. The molecular formula is C15H19N3O. The van der Waals surface area contributed by atoms with Crippen molar-refractivity contribution in [3.63, 3.8) is 0 Å². The zero-order valence-electron chi connectivity index (χ0n) is 11.2. The molecule has 0 spiro atoms. The molecule has 1 aliphatic rings. The normalized spacial score (nSPS) is 18.4. The Morgan fingerprint density at radius 3 is 2.53 bits per heavy atom. The highest BCUT2D eigenvalue weighted by Gasteiger charge is 2.36. The maximum absolute atomic E-state index is 6.01. The molecular weight excluding hydrogens is 238 g/mol. The van der Waals surface area contributed by atoms with E-state index in [9.17, 15) is 0 Å². The molecule has 1 aliphatic carbocycles. The third kappa shape index (κ3) is 2.11. The number of nitrogens with two attached hydrogens (primary N) is 1. The number of hydrogen-bond donors (Lipinski definition) is 1. The summed E-state index contributed by atoms with van der Waals surface area (Å²) in [7, 11) is 0. The van der Waals surface area contributed by atoms with Gasteiger partial charge in [-0.05, 0) is 30.5 Å². The molecule has 0 aromatic carbocycles. The minimum Gasteiger partial charge on any atom is -0.380 e. The van der Waals surface area contributed by atoms with E-state index in [1.54, 1.807) is 12.4 Å². The van der Waals surface area contributed by atoms with Crippen molar-refractivity contribution in [2.45, 2.75) is 44.4 Å². The van der Waals surface area contributed by atoms with Crippen LogP contribution in [0.1, 0.15) is 44.8 Å². The van der Waals surface area contributed by atoms with Crippen molar-refractivity contribution < 1.29 is 4.52 Å². The largest absolute Gasteiger partial charge is 0.380 e. The first-order chi connectivity index (χ1) is 9.21. The second-order valence-corrected chi connectivity index (χ2v) is 5.63. The Kier molecular flexibility index (Phi) is 3.01. The predicted octanol–water partition coefficient (Wildman–Crippen LogP) is 3.54. The molecule has 0 amide bonds. The van der Waals surface area contributed by atoms with Gasteiger partial charge in [0.1, 0.15) is 0 Å². The number of anilines is 1. The van der Waals surface area contributed by atoms with Gasteiger partial charge in [0.05, 0.1) is 5.56 Å². The Balaban J connectivity index is 2.08. The van der Waals surface area contributed by atoms with E-state index < -0.39 is 0 Å². The lowest BCUT2D eigenvalue weighted by atomic mass is 9.72. The van der Waals surface area contributed by atoms with E-state index in [0.29, 0.717) is 5.82 Å². The third-order valence-corrected chi connectivity index (χ3v) is 4.19. The topological polar surface area (TPSA) is 64.9 Å². The lowest BCUT2D eigenvalue weighted by Gasteiger charge is -2.31. The van der Waals surface area contributed by atoms with Gasteiger partial charge in [0.25, 0.3) is 0 Å². The van der Waals surface area contributed by atoms with Crippen molar-refractivity contribution >= 4 is 5.82 Å². The maximum Gasteiger partial charge on any atom is 0.175 e. The van der Waals surface area contributed by atoms with Crippen LogP contribution < -0.4 is 5.73 Å². The monoisotopic (exact) mass is 257 g/mol. The predicted molar refractivity (Wildman–Crippen MR) is 74.6 cm³/mol. The Labute approximate surface area is 113 Å². The van der Waals surface area contributed by atoms with Crippen LogP contribution in [-0.2, 0) is 5.41 Å². The summed E-state index contributed by atoms with van der Waals surface area (Å²) in [6.45, 7) is 2.26. The molecule has 1 saturated carbocycles. The third-order valence-electron chi connectivity index (χ3n) is 4.19. The molecule has 19 heavy (non-hydrogen) atoms. The van der Waals surface area contributed by atoms with Crippen molar-refractivity contribution in [1.82, 2.24) is 10.1 Å². The fourth-order valence-electron chi connectivity index (χ4n) is 3.07. The van der Waals surface area contributed by atoms with Crippen LogP contribution in [0.3, 0.4) is 0 Å². The first-order valence-corrected chi connectivity index (χ1v) is 6.87. The van der Waals surface area contributed by atoms with Crippen LogP contribution in [0.5, 0.6) is 0 Å². The molecule has 100 valence electrons. The lowest BCUT2D eigenvalue weighted by Crippen LogP contribution is -2.25. The van der Waals surface area contributed by atoms with Crippen molar-refractivity contribution in [2.24, 2.45) is 0 Å². The van der Waals surface area contributed by atoms with E-state index in [1.807, 2.05) is 12.1 Å². The van der Waals surface area contributed by atoms with Crippen LogP contribution in [0.25, 0.3) is 11.1 Å². The zero-order valence-corrected chi connectivity index (χ0v) is 11.2. The zero-order chi connectivity index (χ0) is 13.3. The average Bonchev–Trinajstić information content (AvgIpc) is 2.83. The van der Waals surface area contributed by atoms with Gasteiger partial charge in [-0.15, -0.1) is 0 Å². The highest BCUT2D eigenvalue weighted by Crippen LogP contribution is 2.44. The molecule has 0 radical (unpaired) electrons. The van der Waals surface area contributed by atoms with Crippen LogP contribution in [-0.4, -0.2) is 10.1 Å². The number of aromatic nitrogens is 2. The second-order valence-electron chi connectivity index (χ2n) is 5.63. The Hall–Kier alpha value is -1.84. The van der Waals surface area contributed by atoms with Gasteiger partial charge in [0.2, 0.25) is 0 Å². The minimum absolute atomic E-state index is 0.0570. The summed E-state index contributed by atoms with van der Waals surface area (Å²) in [6.07, 6.45) is 9.62. The van der Waals surface area contributed by atoms with E-state index in [-0.39, 0.29) is 5.41 Å². The summed E-state index contributed by atoms with van der Waals surface area (Å²) < 4.78 is 5.60. The first-order valence-electron chi connectivity index (χ1n) is 6.87. The summed E-state index contributed by atoms with van der Waals surface area (Å²) in [5, 5.41) is 4.00. The highest BCUT2D eigenvalue weighted by molar-refractivity contribution is 5.76. The molecule has 0 unspecified atom stereocenters. The van der Waals surface area contributed by atoms with Crippen LogP contribution in [0.2, 0.25) is 0 Å². The van der Waals surface area contributed by atoms with E-state index >= 15 is 0 Å². The molecule has 0 aliphatic heterocycles. The average molecular weight is 257 g/mol. The fourth-order valence-corrected chi connectivity index (χ4v) is 3.07. The lowest BCUT2D eigenvalue weighted by molar-refractivity contribution is 0.242. The fraction of sp³-hybridized carbons (Fsp3) is 0.467. The molecule has 3 rings (SSSR count). The van der Waals surface area contributed by atoms with E-state index in [4.69, 9.17) is 10.3 Å². The smallest absolute Gasteiger partial charge is 0.175 e. The molecule has 4 heteroatoms. The van der Waals surface area contributed by atoms with Crippen molar-refractivity contribution in [1.29, 1.82) is 0 Å². The van der Waals surface area contributed by atoms with E-state index in [1.165, 1.54) is 19.3 Å². The van der Waals surface area contributed by atoms with Gasteiger partial charge < -0.3 is 10.3 Å². The van der Waals surface area contributed by atoms with Crippen molar-refractivity contribution in [2.75, 3.05) is 5.73 Å². The maximum atomic E-state index is 6.01. The molecule has 2 heterocycles. The summed E-state index contributed by atoms with van der Waals surface area (Å²) in [5.74, 6) is 1.42. The number of nitrogen functional groups attached to an aromatic ring is 1. The van der Waals surface area contributed by atoms with Gasteiger partial charge in [0, 0.05) is 17.8 Å². The SMILES string of the molecule is CC1(c2onc(N)c2-c2ccncc2)CCCCC1. The number of hydrogen-bond acceptors (Lipinski definition) is 4. The summed E-state index contributed by atoms with van der Waals surface area (Å²) in [5.41, 5.74) is 8.06. The highest BCUT2D eigenvalue weighted by atomic mass is 16.5. The second kappa shape index (κ2) is 4.68. The van der Waals surface area contributed by atoms with E-state index in [0.717, 1.165) is 29.7 Å². The van der Waals surface area contributed by atoms with Crippen molar-refractivity contribution in [3.8, 4) is 11.1 Å². The molecule has 0 atom stereocenters. The first kappa shape index (κ1) is 12.2. The van der Waals surface area contributed by atoms with Gasteiger partial charge >= 0.3 is 0 Å². The summed E-state index contributed by atoms with van der Waals surface area (Å²) in [6, 6.07) is 3.91. The van der Waals surface area contributed by atoms with Crippen LogP contribution >= 0.6 is 0 Å². The Morgan fingerprint density at radius 1 is 1.16 bits per heavy atom. The standard InChI is InChI=1S/C15H19N3O/c1-15(7-3-2-4-8-15)13-12(14(16)18-19-13)11-5-9-17-10-6-11/h5-6,9-10H,2-4,7-8H2,1H3,(H2,16,18). The Bertz CT molecular complexity index is 556. The molecule has 2 aromatic heterocycles. The van der Waals surface area contributed by atoms with E-state index in [2.05, 4.69) is 17.1 Å². The summed E-state index contributed by atoms with van der Waals surface area (Å²) >= 11 is 0. The van der Waals surface area contributed by atoms with Crippen molar-refractivity contribution in [3.05, 3.63) is 30.3 Å². The molecule has 2 N–H and O–H groups in total. The van der Waals surface area contributed by atoms with Crippen LogP contribution in [0.15, 0.2) is 29.0 Å². The quantitative estimate of drug-likeness (QED) is 0.893. The number of nitrogens with zero attached hydrogens (tertiary/aromatic N) is 2.